The second kappa shape index (κ2) is 6.41. The highest BCUT2D eigenvalue weighted by atomic mass is 79.9. The minimum atomic E-state index is -0.520. The molecule has 0 bridgehead atoms. The Morgan fingerprint density at radius 2 is 1.77 bits per heavy atom. The van der Waals surface area contributed by atoms with E-state index >= 15 is 0 Å². The van der Waals surface area contributed by atoms with Crippen LogP contribution in [-0.4, -0.2) is 20.0 Å². The van der Waals surface area contributed by atoms with Gasteiger partial charge in [-0.25, -0.2) is 4.79 Å². The number of nitro benzene ring substituents is 1. The van der Waals surface area contributed by atoms with E-state index in [2.05, 4.69) is 21.2 Å². The first-order chi connectivity index (χ1) is 12.2. The van der Waals surface area contributed by atoms with Crippen LogP contribution in [-0.2, 0) is 14.1 Å². The van der Waals surface area contributed by atoms with Gasteiger partial charge in [0.1, 0.15) is 0 Å². The molecule has 0 saturated heterocycles. The van der Waals surface area contributed by atoms with Crippen LogP contribution in [0.1, 0.15) is 15.9 Å². The third kappa shape index (κ3) is 2.90. The molecule has 0 aliphatic carbocycles. The van der Waals surface area contributed by atoms with Crippen molar-refractivity contribution in [3.63, 3.8) is 0 Å². The highest BCUT2D eigenvalue weighted by Crippen LogP contribution is 2.29. The van der Waals surface area contributed by atoms with Gasteiger partial charge in [0.2, 0.25) is 0 Å². The van der Waals surface area contributed by atoms with Gasteiger partial charge in [-0.2, -0.15) is 0 Å². The molecule has 1 amide bonds. The number of imidazole rings is 1. The molecule has 0 aliphatic heterocycles. The summed E-state index contributed by atoms with van der Waals surface area (Å²) in [7, 11) is 3.31. The zero-order valence-corrected chi connectivity index (χ0v) is 15.8. The smallest absolute Gasteiger partial charge is 0.321 e. The first-order valence-corrected chi connectivity index (χ1v) is 8.41. The Kier molecular flexibility index (Phi) is 4.41. The SMILES string of the molecule is Cc1ccc(C(=O)Nc2cc3c(cc2Br)n(C)c(=O)n3C)cc1[N+](=O)[O-]. The molecule has 0 aliphatic rings. The fraction of sp³-hybridized carbons (Fsp3) is 0.176. The first-order valence-electron chi connectivity index (χ1n) is 7.62. The van der Waals surface area contributed by atoms with Crippen molar-refractivity contribution in [2.75, 3.05) is 5.32 Å². The Bertz CT molecular complexity index is 1130. The van der Waals surface area contributed by atoms with E-state index < -0.39 is 10.8 Å². The zero-order valence-electron chi connectivity index (χ0n) is 14.2. The van der Waals surface area contributed by atoms with Gasteiger partial charge in [-0.05, 0) is 41.1 Å². The van der Waals surface area contributed by atoms with E-state index in [0.29, 0.717) is 26.8 Å². The molecule has 134 valence electrons. The van der Waals surface area contributed by atoms with Crippen molar-refractivity contribution in [3.05, 3.63) is 66.5 Å². The van der Waals surface area contributed by atoms with Crippen LogP contribution < -0.4 is 11.0 Å². The third-order valence-corrected chi connectivity index (χ3v) is 4.93. The lowest BCUT2D eigenvalue weighted by Gasteiger charge is -2.09. The summed E-state index contributed by atoms with van der Waals surface area (Å²) in [5, 5.41) is 13.8. The van der Waals surface area contributed by atoms with Crippen LogP contribution in [0.2, 0.25) is 0 Å². The Labute approximate surface area is 156 Å². The molecular formula is C17H15BrN4O4. The van der Waals surface area contributed by atoms with Crippen molar-refractivity contribution < 1.29 is 9.72 Å². The largest absolute Gasteiger partial charge is 0.328 e. The summed E-state index contributed by atoms with van der Waals surface area (Å²) in [6.07, 6.45) is 0. The van der Waals surface area contributed by atoms with Gasteiger partial charge in [0.05, 0.1) is 21.6 Å². The standard InChI is InChI=1S/C17H15BrN4O4/c1-9-4-5-10(6-13(9)22(25)26)16(23)19-12-8-15-14(7-11(12)18)20(2)17(24)21(15)3/h4-8H,1-3H3,(H,19,23). The number of carbonyl (C=O) groups excluding carboxylic acids is 1. The molecule has 3 rings (SSSR count). The Hall–Kier alpha value is -2.94. The van der Waals surface area contributed by atoms with Crippen LogP contribution in [0.4, 0.5) is 11.4 Å². The number of aromatic nitrogens is 2. The van der Waals surface area contributed by atoms with E-state index in [1.54, 1.807) is 33.2 Å². The van der Waals surface area contributed by atoms with Gasteiger partial charge in [0, 0.05) is 35.8 Å². The number of carbonyl (C=O) groups is 1. The molecule has 0 radical (unpaired) electrons. The number of amides is 1. The molecule has 1 aromatic heterocycles. The minimum Gasteiger partial charge on any atom is -0.321 e. The summed E-state index contributed by atoms with van der Waals surface area (Å²) in [5.41, 5.74) is 2.21. The number of aryl methyl sites for hydroxylation is 3. The van der Waals surface area contributed by atoms with Crippen molar-refractivity contribution in [2.24, 2.45) is 14.1 Å². The normalized spacial score (nSPS) is 10.9. The maximum atomic E-state index is 12.5. The van der Waals surface area contributed by atoms with Crippen LogP contribution >= 0.6 is 15.9 Å². The van der Waals surface area contributed by atoms with Crippen LogP contribution in [0, 0.1) is 17.0 Å². The van der Waals surface area contributed by atoms with Crippen LogP contribution in [0.5, 0.6) is 0 Å². The summed E-state index contributed by atoms with van der Waals surface area (Å²) in [4.78, 5) is 35.1. The molecule has 9 heteroatoms. The van der Waals surface area contributed by atoms with E-state index in [-0.39, 0.29) is 16.9 Å². The van der Waals surface area contributed by atoms with Gasteiger partial charge >= 0.3 is 5.69 Å². The summed E-state index contributed by atoms with van der Waals surface area (Å²) in [5.74, 6) is -0.478. The van der Waals surface area contributed by atoms with Gasteiger partial charge in [0.15, 0.2) is 0 Å². The molecule has 26 heavy (non-hydrogen) atoms. The van der Waals surface area contributed by atoms with Crippen LogP contribution in [0.15, 0.2) is 39.6 Å². The monoisotopic (exact) mass is 418 g/mol. The fourth-order valence-electron chi connectivity index (χ4n) is 2.76. The van der Waals surface area contributed by atoms with Gasteiger partial charge in [-0.15, -0.1) is 0 Å². The Morgan fingerprint density at radius 3 is 2.38 bits per heavy atom. The molecule has 0 fully saturated rings. The summed E-state index contributed by atoms with van der Waals surface area (Å²) in [6, 6.07) is 7.73. The number of halogens is 1. The van der Waals surface area contributed by atoms with E-state index in [9.17, 15) is 19.7 Å². The Morgan fingerprint density at radius 1 is 1.15 bits per heavy atom. The van der Waals surface area contributed by atoms with Crippen molar-refractivity contribution >= 4 is 44.2 Å². The fourth-order valence-corrected chi connectivity index (χ4v) is 3.19. The molecule has 3 aromatic rings. The molecule has 1 N–H and O–H groups in total. The molecule has 0 saturated carbocycles. The number of nitrogens with one attached hydrogen (secondary N) is 1. The minimum absolute atomic E-state index is 0.113. The molecule has 0 atom stereocenters. The number of nitro groups is 1. The lowest BCUT2D eigenvalue weighted by atomic mass is 10.1. The maximum Gasteiger partial charge on any atom is 0.328 e. The quantitative estimate of drug-likeness (QED) is 0.521. The topological polar surface area (TPSA) is 99.2 Å². The number of rotatable bonds is 3. The number of anilines is 1. The lowest BCUT2D eigenvalue weighted by molar-refractivity contribution is -0.385. The van der Waals surface area contributed by atoms with Gasteiger partial charge in [0.25, 0.3) is 11.6 Å². The predicted octanol–water partition coefficient (Wildman–Crippen LogP) is 3.11. The van der Waals surface area contributed by atoms with E-state index in [1.165, 1.54) is 27.3 Å². The molecule has 0 unspecified atom stereocenters. The average molecular weight is 419 g/mol. The van der Waals surface area contributed by atoms with Gasteiger partial charge < -0.3 is 5.32 Å². The number of nitrogens with zero attached hydrogens (tertiary/aromatic N) is 3. The lowest BCUT2D eigenvalue weighted by Crippen LogP contribution is -2.19. The number of fused-ring (bicyclic) bond motifs is 1. The van der Waals surface area contributed by atoms with Crippen molar-refractivity contribution in [1.82, 2.24) is 9.13 Å². The molecule has 8 nitrogen and oxygen atoms in total. The zero-order chi connectivity index (χ0) is 19.2. The van der Waals surface area contributed by atoms with Crippen molar-refractivity contribution in [1.29, 1.82) is 0 Å². The Balaban J connectivity index is 2.01. The third-order valence-electron chi connectivity index (χ3n) is 4.28. The first kappa shape index (κ1) is 17.9. The summed E-state index contributed by atoms with van der Waals surface area (Å²) < 4.78 is 3.59. The highest BCUT2D eigenvalue weighted by Gasteiger charge is 2.17. The molecule has 0 spiro atoms. The number of hydrogen-bond acceptors (Lipinski definition) is 4. The van der Waals surface area contributed by atoms with Crippen molar-refractivity contribution in [3.8, 4) is 0 Å². The second-order valence-electron chi connectivity index (χ2n) is 5.93. The maximum absolute atomic E-state index is 12.5. The number of hydrogen-bond donors (Lipinski definition) is 1. The molecular weight excluding hydrogens is 404 g/mol. The van der Waals surface area contributed by atoms with Crippen LogP contribution in [0.3, 0.4) is 0 Å². The second-order valence-corrected chi connectivity index (χ2v) is 6.79. The van der Waals surface area contributed by atoms with E-state index in [1.807, 2.05) is 0 Å². The van der Waals surface area contributed by atoms with Crippen molar-refractivity contribution in [2.45, 2.75) is 6.92 Å². The molecule has 1 heterocycles. The van der Waals surface area contributed by atoms with Gasteiger partial charge in [-0.1, -0.05) is 6.07 Å². The van der Waals surface area contributed by atoms with E-state index in [4.69, 9.17) is 0 Å². The average Bonchev–Trinajstić information content (AvgIpc) is 2.79. The number of benzene rings is 2. The van der Waals surface area contributed by atoms with E-state index in [0.717, 1.165) is 0 Å². The highest BCUT2D eigenvalue weighted by molar-refractivity contribution is 9.10. The van der Waals surface area contributed by atoms with Gasteiger partial charge in [-0.3, -0.25) is 24.0 Å². The van der Waals surface area contributed by atoms with Crippen LogP contribution in [0.25, 0.3) is 11.0 Å². The summed E-state index contributed by atoms with van der Waals surface area (Å²) in [6.45, 7) is 1.61. The summed E-state index contributed by atoms with van der Waals surface area (Å²) >= 11 is 3.39. The molecule has 2 aromatic carbocycles. The predicted molar refractivity (Wildman–Crippen MR) is 102 cm³/mol.